The lowest BCUT2D eigenvalue weighted by molar-refractivity contribution is 0.0936. The normalized spacial score (nSPS) is 11.8. The fourth-order valence-electron chi connectivity index (χ4n) is 3.22. The standard InChI is InChI=1S/C23H21N5O2/c1-16(18-9-3-2-4-10-18)26-22(29)20-19-11-5-6-13-28(19)21(27-20)23(30)25-15-17-8-7-12-24-14-17/h2-14,16H,15H2,1H3,(H,25,30)(H,26,29). The number of aromatic nitrogens is 3. The maximum absolute atomic E-state index is 12.9. The van der Waals surface area contributed by atoms with Crippen molar-refractivity contribution < 1.29 is 9.59 Å². The van der Waals surface area contributed by atoms with Gasteiger partial charge < -0.3 is 10.6 Å². The van der Waals surface area contributed by atoms with E-state index in [1.165, 1.54) is 0 Å². The molecule has 4 rings (SSSR count). The van der Waals surface area contributed by atoms with Gasteiger partial charge in [-0.2, -0.15) is 0 Å². The molecule has 3 aromatic heterocycles. The fourth-order valence-corrected chi connectivity index (χ4v) is 3.22. The minimum absolute atomic E-state index is 0.159. The quantitative estimate of drug-likeness (QED) is 0.521. The fraction of sp³-hybridized carbons (Fsp3) is 0.130. The molecule has 30 heavy (non-hydrogen) atoms. The molecule has 2 N–H and O–H groups in total. The first-order valence-electron chi connectivity index (χ1n) is 9.63. The largest absolute Gasteiger partial charge is 0.345 e. The molecule has 0 radical (unpaired) electrons. The topological polar surface area (TPSA) is 88.4 Å². The average Bonchev–Trinajstić information content (AvgIpc) is 3.19. The van der Waals surface area contributed by atoms with Gasteiger partial charge in [-0.3, -0.25) is 19.0 Å². The van der Waals surface area contributed by atoms with E-state index < -0.39 is 0 Å². The van der Waals surface area contributed by atoms with Crippen LogP contribution in [0.1, 0.15) is 45.2 Å². The van der Waals surface area contributed by atoms with Crippen molar-refractivity contribution in [3.05, 3.63) is 102 Å². The molecular formula is C23H21N5O2. The van der Waals surface area contributed by atoms with Crippen molar-refractivity contribution in [3.8, 4) is 0 Å². The Kier molecular flexibility index (Phi) is 5.52. The van der Waals surface area contributed by atoms with Crippen LogP contribution in [-0.2, 0) is 6.54 Å². The Bertz CT molecular complexity index is 1170. The number of hydrogen-bond acceptors (Lipinski definition) is 4. The first-order valence-corrected chi connectivity index (χ1v) is 9.63. The van der Waals surface area contributed by atoms with E-state index in [9.17, 15) is 9.59 Å². The lowest BCUT2D eigenvalue weighted by Gasteiger charge is -2.13. The molecule has 3 heterocycles. The number of amides is 2. The number of pyridine rings is 2. The first kappa shape index (κ1) is 19.3. The smallest absolute Gasteiger partial charge is 0.287 e. The maximum atomic E-state index is 12.9. The second-order valence-corrected chi connectivity index (χ2v) is 6.89. The molecule has 4 aromatic rings. The number of fused-ring (bicyclic) bond motifs is 1. The van der Waals surface area contributed by atoms with E-state index in [0.717, 1.165) is 11.1 Å². The molecule has 1 unspecified atom stereocenters. The third kappa shape index (κ3) is 4.05. The summed E-state index contributed by atoms with van der Waals surface area (Å²) in [5.74, 6) is -0.538. The van der Waals surface area contributed by atoms with Crippen molar-refractivity contribution >= 4 is 17.3 Å². The lowest BCUT2D eigenvalue weighted by Crippen LogP contribution is -2.27. The number of carbonyl (C=O) groups excluding carboxylic acids is 2. The Labute approximate surface area is 173 Å². The van der Waals surface area contributed by atoms with Gasteiger partial charge in [0.2, 0.25) is 5.82 Å². The molecule has 1 atom stereocenters. The highest BCUT2D eigenvalue weighted by atomic mass is 16.2. The van der Waals surface area contributed by atoms with Crippen LogP contribution in [0.5, 0.6) is 0 Å². The van der Waals surface area contributed by atoms with Crippen LogP contribution in [0.2, 0.25) is 0 Å². The third-order valence-corrected chi connectivity index (χ3v) is 4.79. The van der Waals surface area contributed by atoms with E-state index in [-0.39, 0.29) is 29.4 Å². The summed E-state index contributed by atoms with van der Waals surface area (Å²) in [6.07, 6.45) is 5.08. The van der Waals surface area contributed by atoms with Gasteiger partial charge >= 0.3 is 0 Å². The molecule has 0 aliphatic heterocycles. The maximum Gasteiger partial charge on any atom is 0.287 e. The predicted molar refractivity (Wildman–Crippen MR) is 113 cm³/mol. The molecule has 0 saturated carbocycles. The zero-order chi connectivity index (χ0) is 20.9. The molecule has 0 spiro atoms. The van der Waals surface area contributed by atoms with Gasteiger partial charge in [0, 0.05) is 25.1 Å². The number of nitrogens with zero attached hydrogens (tertiary/aromatic N) is 3. The van der Waals surface area contributed by atoms with E-state index in [1.807, 2.05) is 55.5 Å². The van der Waals surface area contributed by atoms with E-state index in [4.69, 9.17) is 0 Å². The van der Waals surface area contributed by atoms with Crippen LogP contribution in [0.4, 0.5) is 0 Å². The van der Waals surface area contributed by atoms with Gasteiger partial charge in [0.15, 0.2) is 5.69 Å². The monoisotopic (exact) mass is 399 g/mol. The van der Waals surface area contributed by atoms with Crippen molar-refractivity contribution in [3.63, 3.8) is 0 Å². The Morgan fingerprint density at radius 2 is 1.80 bits per heavy atom. The molecule has 150 valence electrons. The van der Waals surface area contributed by atoms with E-state index in [0.29, 0.717) is 12.1 Å². The van der Waals surface area contributed by atoms with Crippen LogP contribution >= 0.6 is 0 Å². The Balaban J connectivity index is 1.57. The van der Waals surface area contributed by atoms with E-state index in [2.05, 4.69) is 20.6 Å². The summed E-state index contributed by atoms with van der Waals surface area (Å²) >= 11 is 0. The molecule has 7 nitrogen and oxygen atoms in total. The lowest BCUT2D eigenvalue weighted by atomic mass is 10.1. The van der Waals surface area contributed by atoms with Gasteiger partial charge in [0.25, 0.3) is 11.8 Å². The highest BCUT2D eigenvalue weighted by molar-refractivity contribution is 6.02. The Morgan fingerprint density at radius 1 is 1.00 bits per heavy atom. The van der Waals surface area contributed by atoms with Gasteiger partial charge in [-0.1, -0.05) is 42.5 Å². The summed E-state index contributed by atoms with van der Waals surface area (Å²) < 4.78 is 1.63. The highest BCUT2D eigenvalue weighted by Gasteiger charge is 2.22. The van der Waals surface area contributed by atoms with Crippen molar-refractivity contribution in [2.24, 2.45) is 0 Å². The molecule has 0 fully saturated rings. The van der Waals surface area contributed by atoms with Crippen LogP contribution in [0, 0.1) is 0 Å². The van der Waals surface area contributed by atoms with Crippen molar-refractivity contribution in [2.75, 3.05) is 0 Å². The molecule has 7 heteroatoms. The predicted octanol–water partition coefficient (Wildman–Crippen LogP) is 3.15. The molecular weight excluding hydrogens is 378 g/mol. The van der Waals surface area contributed by atoms with Crippen molar-refractivity contribution in [1.29, 1.82) is 0 Å². The minimum atomic E-state index is -0.366. The van der Waals surface area contributed by atoms with Gasteiger partial charge in [-0.25, -0.2) is 4.98 Å². The second-order valence-electron chi connectivity index (χ2n) is 6.89. The van der Waals surface area contributed by atoms with Gasteiger partial charge in [-0.05, 0) is 36.2 Å². The van der Waals surface area contributed by atoms with Gasteiger partial charge in [0.05, 0.1) is 11.6 Å². The van der Waals surface area contributed by atoms with Crippen LogP contribution in [0.15, 0.2) is 79.3 Å². The zero-order valence-corrected chi connectivity index (χ0v) is 16.4. The molecule has 0 bridgehead atoms. The molecule has 0 aliphatic rings. The van der Waals surface area contributed by atoms with E-state index in [1.54, 1.807) is 35.1 Å². The Hall–Kier alpha value is -4.00. The van der Waals surface area contributed by atoms with Crippen LogP contribution in [0.3, 0.4) is 0 Å². The van der Waals surface area contributed by atoms with Crippen molar-refractivity contribution in [2.45, 2.75) is 19.5 Å². The Morgan fingerprint density at radius 3 is 2.57 bits per heavy atom. The average molecular weight is 399 g/mol. The van der Waals surface area contributed by atoms with E-state index >= 15 is 0 Å². The molecule has 0 aliphatic carbocycles. The zero-order valence-electron chi connectivity index (χ0n) is 16.4. The molecule has 0 saturated heterocycles. The number of benzene rings is 1. The highest BCUT2D eigenvalue weighted by Crippen LogP contribution is 2.16. The summed E-state index contributed by atoms with van der Waals surface area (Å²) in [6, 6.07) is 18.5. The summed E-state index contributed by atoms with van der Waals surface area (Å²) in [6.45, 7) is 2.23. The number of imidazole rings is 1. The molecule has 1 aromatic carbocycles. The second kappa shape index (κ2) is 8.57. The van der Waals surface area contributed by atoms with Crippen molar-refractivity contribution in [1.82, 2.24) is 25.0 Å². The number of rotatable bonds is 6. The SMILES string of the molecule is CC(NC(=O)c1nc(C(=O)NCc2cccnc2)n2ccccc12)c1ccccc1. The first-order chi connectivity index (χ1) is 14.6. The summed E-state index contributed by atoms with van der Waals surface area (Å²) in [4.78, 5) is 34.1. The summed E-state index contributed by atoms with van der Waals surface area (Å²) in [5.41, 5.74) is 2.65. The summed E-state index contributed by atoms with van der Waals surface area (Å²) in [5, 5.41) is 5.79. The summed E-state index contributed by atoms with van der Waals surface area (Å²) in [7, 11) is 0. The number of carbonyl (C=O) groups is 2. The van der Waals surface area contributed by atoms with Gasteiger partial charge in [-0.15, -0.1) is 0 Å². The minimum Gasteiger partial charge on any atom is -0.345 e. The number of nitrogens with one attached hydrogen (secondary N) is 2. The van der Waals surface area contributed by atoms with Crippen LogP contribution < -0.4 is 10.6 Å². The third-order valence-electron chi connectivity index (χ3n) is 4.79. The van der Waals surface area contributed by atoms with Crippen LogP contribution in [0.25, 0.3) is 5.52 Å². The number of hydrogen-bond donors (Lipinski definition) is 2. The van der Waals surface area contributed by atoms with Crippen LogP contribution in [-0.4, -0.2) is 26.2 Å². The molecule has 2 amide bonds. The van der Waals surface area contributed by atoms with Gasteiger partial charge in [0.1, 0.15) is 0 Å².